The first-order valence-corrected chi connectivity index (χ1v) is 11.2. The minimum absolute atomic E-state index is 0.0363. The number of nitrogens with one attached hydrogen (secondary N) is 1. The molecule has 1 atom stereocenters. The number of likely N-dealkylation sites (tertiary alicyclic amines) is 1. The summed E-state index contributed by atoms with van der Waals surface area (Å²) >= 11 is 0. The molecule has 2 aliphatic rings. The van der Waals surface area contributed by atoms with E-state index in [4.69, 9.17) is 14.3 Å². The van der Waals surface area contributed by atoms with Gasteiger partial charge in [-0.1, -0.05) is 48.5 Å². The van der Waals surface area contributed by atoms with E-state index in [9.17, 15) is 14.4 Å². The molecular weight excluding hydrogens is 436 g/mol. The maximum Gasteiger partial charge on any atom is 0.411 e. The van der Waals surface area contributed by atoms with Crippen LogP contribution in [0, 0.1) is 0 Å². The van der Waals surface area contributed by atoms with Crippen LogP contribution in [0.4, 0.5) is 10.5 Å². The van der Waals surface area contributed by atoms with Crippen molar-refractivity contribution < 1.29 is 28.6 Å². The van der Waals surface area contributed by atoms with E-state index in [1.165, 1.54) is 17.2 Å². The summed E-state index contributed by atoms with van der Waals surface area (Å²) in [5, 5.41) is 11.7. The smallest absolute Gasteiger partial charge is 0.411 e. The van der Waals surface area contributed by atoms with E-state index in [2.05, 4.69) is 17.4 Å². The summed E-state index contributed by atoms with van der Waals surface area (Å²) in [5.41, 5.74) is 4.68. The van der Waals surface area contributed by atoms with E-state index in [1.54, 1.807) is 0 Å². The van der Waals surface area contributed by atoms with Gasteiger partial charge in [-0.15, -0.1) is 0 Å². The Bertz CT molecular complexity index is 1200. The van der Waals surface area contributed by atoms with E-state index in [0.29, 0.717) is 13.0 Å². The molecular formula is C26H24N2O6. The molecule has 34 heavy (non-hydrogen) atoms. The van der Waals surface area contributed by atoms with Crippen LogP contribution in [-0.2, 0) is 9.53 Å². The van der Waals surface area contributed by atoms with Crippen LogP contribution in [0.5, 0.6) is 0 Å². The van der Waals surface area contributed by atoms with Gasteiger partial charge in [0.1, 0.15) is 6.61 Å². The Kier molecular flexibility index (Phi) is 5.79. The van der Waals surface area contributed by atoms with Crippen molar-refractivity contribution in [2.24, 2.45) is 0 Å². The average molecular weight is 460 g/mol. The van der Waals surface area contributed by atoms with E-state index >= 15 is 0 Å². The molecule has 2 heterocycles. The van der Waals surface area contributed by atoms with Crippen LogP contribution in [0.1, 0.15) is 46.9 Å². The fourth-order valence-electron chi connectivity index (χ4n) is 4.97. The van der Waals surface area contributed by atoms with E-state index in [-0.39, 0.29) is 30.4 Å². The van der Waals surface area contributed by atoms with Crippen LogP contribution >= 0.6 is 0 Å². The molecule has 1 aliphatic carbocycles. The van der Waals surface area contributed by atoms with E-state index in [0.717, 1.165) is 28.7 Å². The number of carboxylic acid groups (broad SMARTS) is 1. The maximum atomic E-state index is 13.0. The third-order valence-corrected chi connectivity index (χ3v) is 6.49. The SMILES string of the molecule is O=C(O)CC1CCCN1C(=O)c1occc1NC(=O)OCC1c2ccccc2-c2ccccc21. The van der Waals surface area contributed by atoms with Crippen LogP contribution in [-0.4, -0.2) is 47.2 Å². The second-order valence-corrected chi connectivity index (χ2v) is 8.51. The predicted octanol–water partition coefficient (Wildman–Crippen LogP) is 4.72. The summed E-state index contributed by atoms with van der Waals surface area (Å²) in [7, 11) is 0. The number of ether oxygens (including phenoxy) is 1. The van der Waals surface area contributed by atoms with Crippen molar-refractivity contribution in [1.82, 2.24) is 4.90 Å². The number of fused-ring (bicyclic) bond motifs is 3. The number of carboxylic acids is 1. The number of aliphatic carboxylic acids is 1. The highest BCUT2D eigenvalue weighted by atomic mass is 16.5. The predicted molar refractivity (Wildman–Crippen MR) is 124 cm³/mol. The van der Waals surface area contributed by atoms with Crippen molar-refractivity contribution in [3.63, 3.8) is 0 Å². The summed E-state index contributed by atoms with van der Waals surface area (Å²) in [6.07, 6.45) is 1.84. The number of hydrogen-bond acceptors (Lipinski definition) is 5. The highest BCUT2D eigenvalue weighted by molar-refractivity contribution is 6.00. The van der Waals surface area contributed by atoms with Crippen LogP contribution in [0.15, 0.2) is 65.3 Å². The Hall–Kier alpha value is -4.07. The highest BCUT2D eigenvalue weighted by Crippen LogP contribution is 2.44. The molecule has 174 valence electrons. The highest BCUT2D eigenvalue weighted by Gasteiger charge is 2.34. The fraction of sp³-hybridized carbons (Fsp3) is 0.269. The number of furan rings is 1. The van der Waals surface area contributed by atoms with Gasteiger partial charge in [0.05, 0.1) is 18.4 Å². The van der Waals surface area contributed by atoms with Gasteiger partial charge >= 0.3 is 12.1 Å². The molecule has 0 radical (unpaired) electrons. The van der Waals surface area contributed by atoms with Crippen molar-refractivity contribution in [2.45, 2.75) is 31.2 Å². The number of carbonyl (C=O) groups is 3. The van der Waals surface area contributed by atoms with Gasteiger partial charge < -0.3 is 19.2 Å². The summed E-state index contributed by atoms with van der Waals surface area (Å²) in [6, 6.07) is 17.2. The van der Waals surface area contributed by atoms with Crippen molar-refractivity contribution >= 4 is 23.7 Å². The molecule has 1 aliphatic heterocycles. The summed E-state index contributed by atoms with van der Waals surface area (Å²) in [5.74, 6) is -1.51. The molecule has 8 heteroatoms. The Labute approximate surface area is 196 Å². The summed E-state index contributed by atoms with van der Waals surface area (Å²) in [6.45, 7) is 0.593. The normalized spacial score (nSPS) is 16.7. The van der Waals surface area contributed by atoms with Crippen LogP contribution in [0.2, 0.25) is 0 Å². The molecule has 1 unspecified atom stereocenters. The number of benzene rings is 2. The van der Waals surface area contributed by atoms with Crippen molar-refractivity contribution in [1.29, 1.82) is 0 Å². The number of amides is 2. The molecule has 1 aromatic heterocycles. The zero-order valence-corrected chi connectivity index (χ0v) is 18.4. The molecule has 8 nitrogen and oxygen atoms in total. The van der Waals surface area contributed by atoms with Gasteiger partial charge in [0.15, 0.2) is 0 Å². The Morgan fingerprint density at radius 3 is 2.38 bits per heavy atom. The zero-order chi connectivity index (χ0) is 23.7. The van der Waals surface area contributed by atoms with E-state index in [1.807, 2.05) is 36.4 Å². The van der Waals surface area contributed by atoms with Crippen LogP contribution in [0.25, 0.3) is 11.1 Å². The lowest BCUT2D eigenvalue weighted by Crippen LogP contribution is -2.37. The standard InChI is InChI=1S/C26H24N2O6/c29-23(30)14-16-6-5-12-28(16)25(31)24-22(11-13-33-24)27-26(32)34-15-21-19-9-3-1-7-17(19)18-8-2-4-10-20(18)21/h1-4,7-11,13,16,21H,5-6,12,14-15H2,(H,27,32)(H,29,30). The minimum Gasteiger partial charge on any atom is -0.481 e. The molecule has 2 aromatic carbocycles. The monoisotopic (exact) mass is 460 g/mol. The van der Waals surface area contributed by atoms with Crippen LogP contribution in [0.3, 0.4) is 0 Å². The zero-order valence-electron chi connectivity index (χ0n) is 18.4. The second-order valence-electron chi connectivity index (χ2n) is 8.51. The second kappa shape index (κ2) is 9.05. The van der Waals surface area contributed by atoms with Crippen LogP contribution < -0.4 is 5.32 Å². The lowest BCUT2D eigenvalue weighted by Gasteiger charge is -2.22. The summed E-state index contributed by atoms with van der Waals surface area (Å²) < 4.78 is 10.9. The topological polar surface area (TPSA) is 109 Å². The first-order valence-electron chi connectivity index (χ1n) is 11.2. The number of anilines is 1. The van der Waals surface area contributed by atoms with Gasteiger partial charge in [-0.05, 0) is 35.1 Å². The largest absolute Gasteiger partial charge is 0.481 e. The molecule has 2 N–H and O–H groups in total. The average Bonchev–Trinajstić information content (AvgIpc) is 3.55. The molecule has 1 saturated heterocycles. The minimum atomic E-state index is -0.957. The van der Waals surface area contributed by atoms with Gasteiger partial charge in [0.2, 0.25) is 5.76 Å². The van der Waals surface area contributed by atoms with Gasteiger partial charge in [-0.3, -0.25) is 14.9 Å². The van der Waals surface area contributed by atoms with Gasteiger partial charge in [-0.2, -0.15) is 0 Å². The van der Waals surface area contributed by atoms with Gasteiger partial charge in [0.25, 0.3) is 5.91 Å². The van der Waals surface area contributed by atoms with Gasteiger partial charge in [0, 0.05) is 24.6 Å². The quantitative estimate of drug-likeness (QED) is 0.551. The lowest BCUT2D eigenvalue weighted by atomic mass is 9.98. The Morgan fingerprint density at radius 2 is 1.71 bits per heavy atom. The molecule has 0 spiro atoms. The summed E-state index contributed by atoms with van der Waals surface area (Å²) in [4.78, 5) is 38.2. The lowest BCUT2D eigenvalue weighted by molar-refractivity contribution is -0.137. The fourth-order valence-corrected chi connectivity index (χ4v) is 4.97. The van der Waals surface area contributed by atoms with Gasteiger partial charge in [-0.25, -0.2) is 4.79 Å². The molecule has 1 fully saturated rings. The maximum absolute atomic E-state index is 13.0. The first kappa shape index (κ1) is 21.8. The molecule has 5 rings (SSSR count). The third kappa shape index (κ3) is 4.03. The first-order chi connectivity index (χ1) is 16.5. The Balaban J connectivity index is 1.26. The number of carbonyl (C=O) groups excluding carboxylic acids is 2. The van der Waals surface area contributed by atoms with Crippen molar-refractivity contribution in [2.75, 3.05) is 18.5 Å². The number of hydrogen-bond donors (Lipinski definition) is 2. The molecule has 3 aromatic rings. The van der Waals surface area contributed by atoms with Crippen molar-refractivity contribution in [3.05, 3.63) is 77.7 Å². The molecule has 0 saturated carbocycles. The van der Waals surface area contributed by atoms with E-state index < -0.39 is 24.0 Å². The number of nitrogens with zero attached hydrogens (tertiary/aromatic N) is 1. The third-order valence-electron chi connectivity index (χ3n) is 6.49. The Morgan fingerprint density at radius 1 is 1.03 bits per heavy atom. The number of rotatable bonds is 6. The van der Waals surface area contributed by atoms with Crippen molar-refractivity contribution in [3.8, 4) is 11.1 Å². The molecule has 2 amide bonds. The molecule has 0 bridgehead atoms.